The van der Waals surface area contributed by atoms with Crippen LogP contribution < -0.4 is 9.75 Å². The average molecular weight is 720 g/mol. The Morgan fingerprint density at radius 3 is 1.75 bits per heavy atom. The molecule has 0 radical (unpaired) electrons. The van der Waals surface area contributed by atoms with Crippen molar-refractivity contribution in [3.63, 3.8) is 0 Å². The van der Waals surface area contributed by atoms with Crippen LogP contribution in [0.3, 0.4) is 0 Å². The average Bonchev–Trinajstić information content (AvgIpc) is 3.64. The molecule has 2 heterocycles. The highest BCUT2D eigenvalue weighted by Crippen LogP contribution is 2.42. The molecular weight excluding hydrogens is 687 g/mol. The van der Waals surface area contributed by atoms with E-state index < -0.39 is 0 Å². The summed E-state index contributed by atoms with van der Waals surface area (Å²) < 4.78 is 2.74. The summed E-state index contributed by atoms with van der Waals surface area (Å²) >= 11 is 1.90. The molecule has 0 unspecified atom stereocenters. The number of nitrogens with zero attached hydrogens (tertiary/aromatic N) is 3. The summed E-state index contributed by atoms with van der Waals surface area (Å²) in [6.45, 7) is 0. The van der Waals surface area contributed by atoms with Gasteiger partial charge in [0.05, 0.1) is 0 Å². The van der Waals surface area contributed by atoms with Gasteiger partial charge in [-0.05, 0) is 91.5 Å². The molecule has 0 fully saturated rings. The number of benzene rings is 8. The van der Waals surface area contributed by atoms with E-state index in [1.165, 1.54) is 57.9 Å². The highest BCUT2D eigenvalue weighted by atomic mass is 32.1. The third-order valence-electron chi connectivity index (χ3n) is 10.9. The lowest BCUT2D eigenvalue weighted by molar-refractivity contribution is 1.08. The van der Waals surface area contributed by atoms with Gasteiger partial charge in [0.2, 0.25) is 0 Å². The molecule has 10 aromatic rings. The van der Waals surface area contributed by atoms with Crippen molar-refractivity contribution in [3.05, 3.63) is 174 Å². The van der Waals surface area contributed by atoms with Gasteiger partial charge in [0.15, 0.2) is 17.5 Å². The third-order valence-corrected chi connectivity index (χ3v) is 12.1. The van der Waals surface area contributed by atoms with Gasteiger partial charge in [0, 0.05) is 36.7 Å². The number of rotatable bonds is 5. The molecule has 3 nitrogen and oxygen atoms in total. The minimum atomic E-state index is 0.644. The maximum atomic E-state index is 5.29. The van der Waals surface area contributed by atoms with Crippen molar-refractivity contribution in [2.24, 2.45) is 0 Å². The summed E-state index contributed by atoms with van der Waals surface area (Å²) in [6, 6.07) is 58.4. The molecule has 0 aliphatic heterocycles. The Hall–Kier alpha value is -6.75. The topological polar surface area (TPSA) is 38.7 Å². The Kier molecular flexibility index (Phi) is 7.49. The van der Waals surface area contributed by atoms with Gasteiger partial charge in [-0.15, -0.1) is 11.3 Å². The fraction of sp³-hybridized carbons (Fsp3) is 0.0392. The first-order valence-corrected chi connectivity index (χ1v) is 19.7. The van der Waals surface area contributed by atoms with Crippen LogP contribution in [-0.2, 0) is 0 Å². The second-order valence-electron chi connectivity index (χ2n) is 14.2. The van der Waals surface area contributed by atoms with Gasteiger partial charge in [0.25, 0.3) is 0 Å². The van der Waals surface area contributed by atoms with E-state index in [0.29, 0.717) is 17.5 Å². The molecular formula is C51H33N3S. The summed E-state index contributed by atoms with van der Waals surface area (Å²) in [7, 11) is 0. The number of aromatic nitrogens is 3. The van der Waals surface area contributed by atoms with Crippen molar-refractivity contribution in [3.8, 4) is 56.4 Å². The van der Waals surface area contributed by atoms with E-state index in [4.69, 9.17) is 15.0 Å². The Bertz CT molecular complexity index is 3260. The summed E-state index contributed by atoms with van der Waals surface area (Å²) in [5, 5.41) is 9.91. The molecule has 1 aliphatic carbocycles. The standard InChI is InChI=1S/C51H33N3S/c1-3-13-32(14-4-1)34-17-11-18-37(29-34)50-52-49(33-15-5-2-6-16-33)53-51(54-50)43-23-12-22-42-39-20-8-7-19-38(39)40-27-25-35(31-45(40)48(42)43)36-26-28-47-44(30-36)41-21-9-10-24-46(41)55-47/h1-8,11-31H,9-10H2. The lowest BCUT2D eigenvalue weighted by Gasteiger charge is -2.16. The largest absolute Gasteiger partial charge is 0.208 e. The summed E-state index contributed by atoms with van der Waals surface area (Å²) in [6.07, 6.45) is 7.03. The van der Waals surface area contributed by atoms with Gasteiger partial charge in [-0.25, -0.2) is 15.0 Å². The van der Waals surface area contributed by atoms with Crippen LogP contribution >= 0.6 is 11.3 Å². The van der Waals surface area contributed by atoms with Gasteiger partial charge in [-0.2, -0.15) is 0 Å². The molecule has 11 rings (SSSR count). The van der Waals surface area contributed by atoms with Crippen LogP contribution in [0.1, 0.15) is 12.8 Å². The summed E-state index contributed by atoms with van der Waals surface area (Å²) in [4.78, 5) is 15.6. The second-order valence-corrected chi connectivity index (χ2v) is 15.3. The molecule has 2 aromatic heterocycles. The Labute approximate surface area is 322 Å². The first-order chi connectivity index (χ1) is 27.2. The van der Waals surface area contributed by atoms with Crippen molar-refractivity contribution in [2.45, 2.75) is 12.8 Å². The van der Waals surface area contributed by atoms with Crippen molar-refractivity contribution < 1.29 is 0 Å². The maximum absolute atomic E-state index is 5.29. The van der Waals surface area contributed by atoms with Gasteiger partial charge in [-0.1, -0.05) is 152 Å². The molecule has 0 amide bonds. The van der Waals surface area contributed by atoms with Crippen LogP contribution in [0.2, 0.25) is 0 Å². The lowest BCUT2D eigenvalue weighted by atomic mass is 9.89. The predicted molar refractivity (Wildman–Crippen MR) is 232 cm³/mol. The van der Waals surface area contributed by atoms with E-state index in [-0.39, 0.29) is 0 Å². The number of thiophene rings is 1. The van der Waals surface area contributed by atoms with Crippen LogP contribution in [0.5, 0.6) is 0 Å². The zero-order valence-corrected chi connectivity index (χ0v) is 30.7. The quantitative estimate of drug-likeness (QED) is 0.166. The fourth-order valence-electron chi connectivity index (χ4n) is 8.30. The summed E-state index contributed by atoms with van der Waals surface area (Å²) in [5.74, 6) is 1.94. The van der Waals surface area contributed by atoms with E-state index >= 15 is 0 Å². The van der Waals surface area contributed by atoms with Crippen molar-refractivity contribution in [1.82, 2.24) is 15.0 Å². The molecule has 1 aliphatic rings. The second kappa shape index (κ2) is 13.0. The van der Waals surface area contributed by atoms with Gasteiger partial charge < -0.3 is 0 Å². The van der Waals surface area contributed by atoms with Crippen LogP contribution in [0.15, 0.2) is 164 Å². The molecule has 0 saturated carbocycles. The van der Waals surface area contributed by atoms with E-state index in [1.807, 2.05) is 35.6 Å². The van der Waals surface area contributed by atoms with Crippen LogP contribution in [0.4, 0.5) is 0 Å². The summed E-state index contributed by atoms with van der Waals surface area (Å²) in [5.41, 5.74) is 7.57. The van der Waals surface area contributed by atoms with Crippen LogP contribution in [-0.4, -0.2) is 15.0 Å². The Balaban J connectivity index is 1.17. The normalized spacial score (nSPS) is 12.5. The molecule has 0 bridgehead atoms. The molecule has 0 N–H and O–H groups in total. The Morgan fingerprint density at radius 2 is 0.927 bits per heavy atom. The van der Waals surface area contributed by atoms with E-state index in [1.54, 1.807) is 0 Å². The molecule has 8 aromatic carbocycles. The predicted octanol–water partition coefficient (Wildman–Crippen LogP) is 12.2. The zero-order chi connectivity index (χ0) is 36.3. The molecule has 258 valence electrons. The molecule has 4 heteroatoms. The monoisotopic (exact) mass is 719 g/mol. The SMILES string of the molecule is C1=c2sc3ccc(-c4ccc5c6ccccc6c6cccc(-c7nc(-c8ccccc8)nc(-c8cccc(-c9ccccc9)c8)n7)c6c5c4)cc3c2=CCC1. The Morgan fingerprint density at radius 1 is 0.364 bits per heavy atom. The van der Waals surface area contributed by atoms with Crippen LogP contribution in [0.25, 0.3) is 111 Å². The number of hydrogen-bond acceptors (Lipinski definition) is 4. The number of fused-ring (bicyclic) bond motifs is 9. The molecule has 0 spiro atoms. The van der Waals surface area contributed by atoms with Crippen molar-refractivity contribution in [1.29, 1.82) is 0 Å². The minimum Gasteiger partial charge on any atom is -0.208 e. The number of hydrogen-bond donors (Lipinski definition) is 0. The molecule has 0 atom stereocenters. The van der Waals surface area contributed by atoms with E-state index in [0.717, 1.165) is 46.0 Å². The van der Waals surface area contributed by atoms with Crippen molar-refractivity contribution >= 4 is 65.9 Å². The fourth-order valence-corrected chi connectivity index (χ4v) is 9.46. The molecule has 55 heavy (non-hydrogen) atoms. The lowest BCUT2D eigenvalue weighted by Crippen LogP contribution is -2.20. The first-order valence-electron chi connectivity index (χ1n) is 18.8. The first kappa shape index (κ1) is 31.7. The highest BCUT2D eigenvalue weighted by Gasteiger charge is 2.19. The third kappa shape index (κ3) is 5.45. The maximum Gasteiger partial charge on any atom is 0.164 e. The van der Waals surface area contributed by atoms with Gasteiger partial charge in [0.1, 0.15) is 0 Å². The van der Waals surface area contributed by atoms with Crippen molar-refractivity contribution in [2.75, 3.05) is 0 Å². The van der Waals surface area contributed by atoms with Crippen LogP contribution in [0, 0.1) is 0 Å². The van der Waals surface area contributed by atoms with Gasteiger partial charge in [-0.3, -0.25) is 0 Å². The minimum absolute atomic E-state index is 0.644. The zero-order valence-electron chi connectivity index (χ0n) is 29.9. The molecule has 0 saturated heterocycles. The smallest absolute Gasteiger partial charge is 0.164 e. The van der Waals surface area contributed by atoms with E-state index in [2.05, 4.69) is 152 Å². The van der Waals surface area contributed by atoms with E-state index in [9.17, 15) is 0 Å². The van der Waals surface area contributed by atoms with Gasteiger partial charge >= 0.3 is 0 Å². The highest BCUT2D eigenvalue weighted by molar-refractivity contribution is 7.17.